The predicted octanol–water partition coefficient (Wildman–Crippen LogP) is 2.78. The van der Waals surface area contributed by atoms with Crippen LogP contribution in [0.25, 0.3) is 11.0 Å². The number of fused-ring (bicyclic) bond motifs is 1. The number of nitrogens with zero attached hydrogens (tertiary/aromatic N) is 2. The van der Waals surface area contributed by atoms with E-state index >= 15 is 0 Å². The molecule has 3 heterocycles. The molecule has 2 aromatic heterocycles. The first-order valence-corrected chi connectivity index (χ1v) is 6.92. The lowest BCUT2D eigenvalue weighted by molar-refractivity contribution is 0.252. The van der Waals surface area contributed by atoms with Crippen molar-refractivity contribution in [3.05, 3.63) is 24.0 Å². The van der Waals surface area contributed by atoms with E-state index in [1.54, 1.807) is 4.90 Å². The Morgan fingerprint density at radius 3 is 2.75 bits per heavy atom. The fourth-order valence-corrected chi connectivity index (χ4v) is 2.56. The lowest BCUT2D eigenvalue weighted by atomic mass is 9.88. The van der Waals surface area contributed by atoms with Gasteiger partial charge in [-0.3, -0.25) is 4.90 Å². The van der Waals surface area contributed by atoms with Crippen molar-refractivity contribution in [2.75, 3.05) is 11.4 Å². The summed E-state index contributed by atoms with van der Waals surface area (Å²) in [5.74, 6) is 0. The number of H-pyrrole nitrogens is 1. The van der Waals surface area contributed by atoms with Gasteiger partial charge in [-0.15, -0.1) is 0 Å². The number of hydrogen-bond acceptors (Lipinski definition) is 2. The minimum Gasteiger partial charge on any atom is -0.344 e. The van der Waals surface area contributed by atoms with Gasteiger partial charge in [0.1, 0.15) is 5.65 Å². The van der Waals surface area contributed by atoms with Crippen LogP contribution in [-0.4, -0.2) is 28.6 Å². The number of carbonyl (C=O) groups is 1. The molecular formula is C15H20N4O. The maximum absolute atomic E-state index is 12.0. The molecule has 5 nitrogen and oxygen atoms in total. The third kappa shape index (κ3) is 1.94. The van der Waals surface area contributed by atoms with Crippen LogP contribution in [-0.2, 0) is 5.41 Å². The molecule has 2 amide bonds. The minimum absolute atomic E-state index is 0.0363. The van der Waals surface area contributed by atoms with Gasteiger partial charge in [-0.1, -0.05) is 20.8 Å². The lowest BCUT2D eigenvalue weighted by Gasteiger charge is -2.21. The highest BCUT2D eigenvalue weighted by molar-refractivity contribution is 6.03. The topological polar surface area (TPSA) is 61.0 Å². The zero-order valence-corrected chi connectivity index (χ0v) is 12.3. The third-order valence-corrected chi connectivity index (χ3v) is 3.84. The molecule has 1 unspecified atom stereocenters. The SMILES string of the molecule is CC1CNC(=O)N1c1c[nH]c2ncc(C(C)(C)C)cc12. The molecule has 0 radical (unpaired) electrons. The van der Waals surface area contributed by atoms with Gasteiger partial charge >= 0.3 is 6.03 Å². The highest BCUT2D eigenvalue weighted by Gasteiger charge is 2.30. The zero-order valence-electron chi connectivity index (χ0n) is 12.3. The number of pyridine rings is 1. The summed E-state index contributed by atoms with van der Waals surface area (Å²) < 4.78 is 0. The average molecular weight is 272 g/mol. The Balaban J connectivity index is 2.14. The Bertz CT molecular complexity index is 668. The second-order valence-electron chi connectivity index (χ2n) is 6.45. The highest BCUT2D eigenvalue weighted by atomic mass is 16.2. The fourth-order valence-electron chi connectivity index (χ4n) is 2.56. The molecule has 20 heavy (non-hydrogen) atoms. The van der Waals surface area contributed by atoms with E-state index in [1.165, 1.54) is 0 Å². The summed E-state index contributed by atoms with van der Waals surface area (Å²) in [6, 6.07) is 2.24. The van der Waals surface area contributed by atoms with Gasteiger partial charge in [-0.2, -0.15) is 0 Å². The Labute approximate surface area is 118 Å². The van der Waals surface area contributed by atoms with Gasteiger partial charge in [0.2, 0.25) is 0 Å². The lowest BCUT2D eigenvalue weighted by Crippen LogP contribution is -2.32. The number of rotatable bonds is 1. The first-order valence-electron chi connectivity index (χ1n) is 6.92. The van der Waals surface area contributed by atoms with E-state index in [2.05, 4.69) is 42.1 Å². The minimum atomic E-state index is -0.0421. The second kappa shape index (κ2) is 4.23. The van der Waals surface area contributed by atoms with E-state index in [1.807, 2.05) is 19.3 Å². The van der Waals surface area contributed by atoms with Crippen LogP contribution in [0.2, 0.25) is 0 Å². The van der Waals surface area contributed by atoms with Crippen LogP contribution in [0.1, 0.15) is 33.3 Å². The molecule has 0 aromatic carbocycles. The van der Waals surface area contributed by atoms with Crippen molar-refractivity contribution in [2.24, 2.45) is 0 Å². The predicted molar refractivity (Wildman–Crippen MR) is 80.1 cm³/mol. The van der Waals surface area contributed by atoms with Crippen LogP contribution < -0.4 is 10.2 Å². The van der Waals surface area contributed by atoms with Gasteiger partial charge < -0.3 is 10.3 Å². The van der Waals surface area contributed by atoms with Crippen molar-refractivity contribution in [3.63, 3.8) is 0 Å². The molecule has 3 rings (SSSR count). The average Bonchev–Trinajstić information content (AvgIpc) is 2.92. The van der Waals surface area contributed by atoms with Gasteiger partial charge in [0.15, 0.2) is 0 Å². The summed E-state index contributed by atoms with van der Waals surface area (Å²) >= 11 is 0. The van der Waals surface area contributed by atoms with Gasteiger partial charge in [0.05, 0.1) is 11.7 Å². The summed E-state index contributed by atoms with van der Waals surface area (Å²) in [5, 5.41) is 3.87. The smallest absolute Gasteiger partial charge is 0.322 e. The largest absolute Gasteiger partial charge is 0.344 e. The molecule has 1 saturated heterocycles. The van der Waals surface area contributed by atoms with Gasteiger partial charge in [-0.25, -0.2) is 9.78 Å². The molecule has 1 fully saturated rings. The van der Waals surface area contributed by atoms with Crippen molar-refractivity contribution in [1.82, 2.24) is 15.3 Å². The van der Waals surface area contributed by atoms with Crippen molar-refractivity contribution in [1.29, 1.82) is 0 Å². The first kappa shape index (κ1) is 13.0. The van der Waals surface area contributed by atoms with E-state index in [4.69, 9.17) is 0 Å². The van der Waals surface area contributed by atoms with Gasteiger partial charge in [0, 0.05) is 24.3 Å². The normalized spacial score (nSPS) is 19.7. The number of aromatic nitrogens is 2. The van der Waals surface area contributed by atoms with Crippen LogP contribution in [0.15, 0.2) is 18.5 Å². The molecule has 2 aromatic rings. The molecule has 1 aliphatic rings. The zero-order chi connectivity index (χ0) is 14.5. The molecule has 106 valence electrons. The standard InChI is InChI=1S/C15H20N4O/c1-9-6-18-14(20)19(9)12-8-17-13-11(12)5-10(7-16-13)15(2,3)4/h5,7-9H,6H2,1-4H3,(H,16,17)(H,18,20). The number of urea groups is 1. The van der Waals surface area contributed by atoms with Crippen molar-refractivity contribution >= 4 is 22.8 Å². The van der Waals surface area contributed by atoms with Crippen LogP contribution in [0.3, 0.4) is 0 Å². The molecule has 0 aliphatic carbocycles. The Hall–Kier alpha value is -2.04. The van der Waals surface area contributed by atoms with Crippen molar-refractivity contribution in [3.8, 4) is 0 Å². The maximum atomic E-state index is 12.0. The van der Waals surface area contributed by atoms with Gasteiger partial charge in [-0.05, 0) is 24.0 Å². The van der Waals surface area contributed by atoms with E-state index in [0.29, 0.717) is 6.54 Å². The molecule has 2 N–H and O–H groups in total. The molecule has 5 heteroatoms. The number of nitrogens with one attached hydrogen (secondary N) is 2. The van der Waals surface area contributed by atoms with Crippen LogP contribution >= 0.6 is 0 Å². The molecular weight excluding hydrogens is 252 g/mol. The van der Waals surface area contributed by atoms with Crippen molar-refractivity contribution < 1.29 is 4.79 Å². The number of anilines is 1. The van der Waals surface area contributed by atoms with Crippen LogP contribution in [0.5, 0.6) is 0 Å². The van der Waals surface area contributed by atoms with E-state index in [0.717, 1.165) is 22.3 Å². The highest BCUT2D eigenvalue weighted by Crippen LogP contribution is 2.32. The van der Waals surface area contributed by atoms with E-state index in [-0.39, 0.29) is 17.5 Å². The second-order valence-corrected chi connectivity index (χ2v) is 6.45. The van der Waals surface area contributed by atoms with Crippen LogP contribution in [0.4, 0.5) is 10.5 Å². The number of carbonyl (C=O) groups excluding carboxylic acids is 1. The molecule has 1 aliphatic heterocycles. The molecule has 0 spiro atoms. The summed E-state index contributed by atoms with van der Waals surface area (Å²) in [6.07, 6.45) is 3.77. The maximum Gasteiger partial charge on any atom is 0.322 e. The van der Waals surface area contributed by atoms with Gasteiger partial charge in [0.25, 0.3) is 0 Å². The summed E-state index contributed by atoms with van der Waals surface area (Å²) in [5.41, 5.74) is 2.92. The Morgan fingerprint density at radius 2 is 2.15 bits per heavy atom. The summed E-state index contributed by atoms with van der Waals surface area (Å²) in [7, 11) is 0. The van der Waals surface area contributed by atoms with E-state index in [9.17, 15) is 4.79 Å². The Kier molecular flexibility index (Phi) is 2.74. The first-order chi connectivity index (χ1) is 9.38. The van der Waals surface area contributed by atoms with E-state index < -0.39 is 0 Å². The fraction of sp³-hybridized carbons (Fsp3) is 0.467. The van der Waals surface area contributed by atoms with Crippen molar-refractivity contribution in [2.45, 2.75) is 39.2 Å². The Morgan fingerprint density at radius 1 is 1.40 bits per heavy atom. The monoisotopic (exact) mass is 272 g/mol. The number of hydrogen-bond donors (Lipinski definition) is 2. The summed E-state index contributed by atoms with van der Waals surface area (Å²) in [6.45, 7) is 9.20. The number of amides is 2. The molecule has 0 bridgehead atoms. The number of aromatic amines is 1. The summed E-state index contributed by atoms with van der Waals surface area (Å²) in [4.78, 5) is 21.4. The van der Waals surface area contributed by atoms with Crippen LogP contribution in [0, 0.1) is 0 Å². The third-order valence-electron chi connectivity index (χ3n) is 3.84. The molecule has 0 saturated carbocycles. The quantitative estimate of drug-likeness (QED) is 0.838. The molecule has 1 atom stereocenters.